The molecule has 1 saturated heterocycles. The first-order chi connectivity index (χ1) is 8.85. The highest BCUT2D eigenvalue weighted by Crippen LogP contribution is 2.24. The number of nitrogens with one attached hydrogen (secondary N) is 1. The molecule has 0 saturated carbocycles. The molecule has 0 aliphatic carbocycles. The Hall–Kier alpha value is -1.79. The van der Waals surface area contributed by atoms with E-state index < -0.39 is 36.1 Å². The Bertz CT molecular complexity index is 367. The highest BCUT2D eigenvalue weighted by Gasteiger charge is 2.43. The monoisotopic (exact) mass is 273 g/mol. The maximum absolute atomic E-state index is 12.0. The molecule has 0 unspecified atom stereocenters. The lowest BCUT2D eigenvalue weighted by Gasteiger charge is -2.34. The van der Waals surface area contributed by atoms with Crippen LogP contribution in [0, 0.1) is 5.92 Å². The standard InChI is InChI=1S/C12H19NO6/c1-6(2)18-11(15)10-7(3)19-9(14)5-8(10)13-12(16)17-4/h6-8,10H,5H2,1-4H3,(H,13,16)/t7-,8-,10-/m1/s1. The summed E-state index contributed by atoms with van der Waals surface area (Å²) in [4.78, 5) is 34.6. The quantitative estimate of drug-likeness (QED) is 0.598. The van der Waals surface area contributed by atoms with E-state index >= 15 is 0 Å². The van der Waals surface area contributed by atoms with Crippen molar-refractivity contribution in [1.82, 2.24) is 5.32 Å². The van der Waals surface area contributed by atoms with Crippen molar-refractivity contribution >= 4 is 18.0 Å². The number of methoxy groups -OCH3 is 1. The Kier molecular flexibility index (Phi) is 5.14. The van der Waals surface area contributed by atoms with Gasteiger partial charge < -0.3 is 19.5 Å². The van der Waals surface area contributed by atoms with Gasteiger partial charge in [0.05, 0.1) is 25.7 Å². The first-order valence-electron chi connectivity index (χ1n) is 6.09. The van der Waals surface area contributed by atoms with Crippen LogP contribution in [0.4, 0.5) is 4.79 Å². The number of esters is 2. The Labute approximate surface area is 111 Å². The van der Waals surface area contributed by atoms with Gasteiger partial charge in [0.2, 0.25) is 0 Å². The molecule has 0 spiro atoms. The number of carbonyl (C=O) groups is 3. The predicted octanol–water partition coefficient (Wildman–Crippen LogP) is 0.614. The van der Waals surface area contributed by atoms with Gasteiger partial charge in [0.25, 0.3) is 0 Å². The predicted molar refractivity (Wildman–Crippen MR) is 64.2 cm³/mol. The largest absolute Gasteiger partial charge is 0.463 e. The van der Waals surface area contributed by atoms with Gasteiger partial charge in [0.1, 0.15) is 12.0 Å². The fourth-order valence-electron chi connectivity index (χ4n) is 1.98. The summed E-state index contributed by atoms with van der Waals surface area (Å²) in [5.41, 5.74) is 0. The third kappa shape index (κ3) is 4.11. The molecule has 19 heavy (non-hydrogen) atoms. The highest BCUT2D eigenvalue weighted by atomic mass is 16.6. The number of rotatable bonds is 3. The molecule has 0 bridgehead atoms. The normalized spacial score (nSPS) is 26.6. The zero-order valence-corrected chi connectivity index (χ0v) is 11.5. The van der Waals surface area contributed by atoms with Crippen LogP contribution < -0.4 is 5.32 Å². The lowest BCUT2D eigenvalue weighted by atomic mass is 9.89. The van der Waals surface area contributed by atoms with Crippen molar-refractivity contribution in [3.8, 4) is 0 Å². The summed E-state index contributed by atoms with van der Waals surface area (Å²) in [7, 11) is 1.21. The Morgan fingerprint density at radius 3 is 2.58 bits per heavy atom. The summed E-state index contributed by atoms with van der Waals surface area (Å²) in [6.45, 7) is 5.04. The number of hydrogen-bond donors (Lipinski definition) is 1. The molecule has 0 aromatic carbocycles. The smallest absolute Gasteiger partial charge is 0.407 e. The van der Waals surface area contributed by atoms with E-state index in [-0.39, 0.29) is 12.5 Å². The topological polar surface area (TPSA) is 90.9 Å². The SMILES string of the molecule is COC(=O)N[C@@H]1CC(=O)O[C@H](C)[C@H]1C(=O)OC(C)C. The van der Waals surface area contributed by atoms with Gasteiger partial charge >= 0.3 is 18.0 Å². The molecule has 0 radical (unpaired) electrons. The zero-order valence-electron chi connectivity index (χ0n) is 11.5. The van der Waals surface area contributed by atoms with Gasteiger partial charge in [0.15, 0.2) is 0 Å². The number of amides is 1. The maximum atomic E-state index is 12.0. The Morgan fingerprint density at radius 2 is 2.05 bits per heavy atom. The molecular formula is C12H19NO6. The van der Waals surface area contributed by atoms with Crippen molar-refractivity contribution in [2.75, 3.05) is 7.11 Å². The van der Waals surface area contributed by atoms with Crippen molar-refractivity contribution in [3.63, 3.8) is 0 Å². The minimum absolute atomic E-state index is 0.0860. The van der Waals surface area contributed by atoms with Crippen molar-refractivity contribution in [3.05, 3.63) is 0 Å². The van der Waals surface area contributed by atoms with Crippen molar-refractivity contribution in [2.24, 2.45) is 5.92 Å². The molecule has 3 atom stereocenters. The van der Waals surface area contributed by atoms with Crippen molar-refractivity contribution < 1.29 is 28.6 Å². The lowest BCUT2D eigenvalue weighted by Crippen LogP contribution is -2.53. The second-order valence-electron chi connectivity index (χ2n) is 4.65. The first-order valence-corrected chi connectivity index (χ1v) is 6.09. The van der Waals surface area contributed by atoms with Crippen LogP contribution in [0.5, 0.6) is 0 Å². The van der Waals surface area contributed by atoms with Gasteiger partial charge in [-0.15, -0.1) is 0 Å². The molecule has 1 N–H and O–H groups in total. The molecule has 0 aromatic heterocycles. The number of alkyl carbamates (subject to hydrolysis) is 1. The Morgan fingerprint density at radius 1 is 1.42 bits per heavy atom. The average molecular weight is 273 g/mol. The molecule has 7 heteroatoms. The highest BCUT2D eigenvalue weighted by molar-refractivity contribution is 5.81. The lowest BCUT2D eigenvalue weighted by molar-refractivity contribution is -0.172. The van der Waals surface area contributed by atoms with E-state index in [2.05, 4.69) is 10.1 Å². The van der Waals surface area contributed by atoms with Gasteiger partial charge in [0, 0.05) is 0 Å². The van der Waals surface area contributed by atoms with Crippen LogP contribution in [0.1, 0.15) is 27.2 Å². The average Bonchev–Trinajstić information content (AvgIpc) is 2.26. The van der Waals surface area contributed by atoms with E-state index in [1.807, 2.05) is 0 Å². The van der Waals surface area contributed by atoms with Crippen LogP contribution in [-0.2, 0) is 23.8 Å². The molecule has 1 heterocycles. The first kappa shape index (κ1) is 15.3. The van der Waals surface area contributed by atoms with Gasteiger partial charge in [-0.05, 0) is 20.8 Å². The van der Waals surface area contributed by atoms with Crippen LogP contribution in [0.2, 0.25) is 0 Å². The molecule has 1 fully saturated rings. The zero-order chi connectivity index (χ0) is 14.6. The molecule has 1 amide bonds. The van der Waals surface area contributed by atoms with Crippen LogP contribution in [0.25, 0.3) is 0 Å². The number of hydrogen-bond acceptors (Lipinski definition) is 6. The molecule has 0 aromatic rings. The molecule has 7 nitrogen and oxygen atoms in total. The van der Waals surface area contributed by atoms with E-state index in [0.717, 1.165) is 0 Å². The van der Waals surface area contributed by atoms with Gasteiger partial charge in [-0.25, -0.2) is 4.79 Å². The third-order valence-corrected chi connectivity index (χ3v) is 2.76. The number of ether oxygens (including phenoxy) is 3. The van der Waals surface area contributed by atoms with Crippen LogP contribution in [0.3, 0.4) is 0 Å². The summed E-state index contributed by atoms with van der Waals surface area (Å²) in [5.74, 6) is -1.71. The van der Waals surface area contributed by atoms with E-state index in [9.17, 15) is 14.4 Å². The second-order valence-corrected chi connectivity index (χ2v) is 4.65. The van der Waals surface area contributed by atoms with E-state index in [0.29, 0.717) is 0 Å². The summed E-state index contributed by atoms with van der Waals surface area (Å²) >= 11 is 0. The van der Waals surface area contributed by atoms with Crippen molar-refractivity contribution in [2.45, 2.75) is 45.4 Å². The molecule has 108 valence electrons. The molecule has 1 rings (SSSR count). The summed E-state index contributed by atoms with van der Waals surface area (Å²) in [6, 6.07) is -0.685. The van der Waals surface area contributed by atoms with Crippen LogP contribution in [-0.4, -0.2) is 43.4 Å². The summed E-state index contributed by atoms with van der Waals surface area (Å²) in [5, 5.41) is 2.47. The third-order valence-electron chi connectivity index (χ3n) is 2.76. The van der Waals surface area contributed by atoms with E-state index in [4.69, 9.17) is 9.47 Å². The molecule has 1 aliphatic rings. The number of cyclic esters (lactones) is 1. The second kappa shape index (κ2) is 6.40. The minimum Gasteiger partial charge on any atom is -0.463 e. The fraction of sp³-hybridized carbons (Fsp3) is 0.750. The van der Waals surface area contributed by atoms with Crippen LogP contribution >= 0.6 is 0 Å². The van der Waals surface area contributed by atoms with Gasteiger partial charge in [-0.3, -0.25) is 9.59 Å². The molecular weight excluding hydrogens is 254 g/mol. The van der Waals surface area contributed by atoms with Gasteiger partial charge in [-0.1, -0.05) is 0 Å². The summed E-state index contributed by atoms with van der Waals surface area (Å²) in [6.07, 6.45) is -1.72. The Balaban J connectivity index is 2.83. The molecule has 1 aliphatic heterocycles. The van der Waals surface area contributed by atoms with Crippen LogP contribution in [0.15, 0.2) is 0 Å². The summed E-state index contributed by atoms with van der Waals surface area (Å²) < 4.78 is 14.6. The van der Waals surface area contributed by atoms with E-state index in [1.54, 1.807) is 20.8 Å². The minimum atomic E-state index is -0.737. The number of carbonyl (C=O) groups excluding carboxylic acids is 3. The fourth-order valence-corrected chi connectivity index (χ4v) is 1.98. The van der Waals surface area contributed by atoms with Crippen molar-refractivity contribution in [1.29, 1.82) is 0 Å². The van der Waals surface area contributed by atoms with Gasteiger partial charge in [-0.2, -0.15) is 0 Å². The maximum Gasteiger partial charge on any atom is 0.407 e. The van der Waals surface area contributed by atoms with E-state index in [1.165, 1.54) is 7.11 Å².